The number of amides is 1. The summed E-state index contributed by atoms with van der Waals surface area (Å²) in [5.41, 5.74) is 2.14. The molecule has 0 aliphatic heterocycles. The van der Waals surface area contributed by atoms with E-state index < -0.39 is 0 Å². The first kappa shape index (κ1) is 17.1. The second-order valence-electron chi connectivity index (χ2n) is 5.97. The Morgan fingerprint density at radius 3 is 2.70 bits per heavy atom. The fourth-order valence-electron chi connectivity index (χ4n) is 2.82. The molecule has 2 N–H and O–H groups in total. The third kappa shape index (κ3) is 3.91. The third-order valence-electron chi connectivity index (χ3n) is 4.10. The molecule has 0 radical (unpaired) electrons. The number of carbonyl (C=O) groups excluding carboxylic acids is 1. The van der Waals surface area contributed by atoms with Gasteiger partial charge in [0.1, 0.15) is 12.7 Å². The van der Waals surface area contributed by atoms with E-state index in [4.69, 9.17) is 11.6 Å². The van der Waals surface area contributed by atoms with Gasteiger partial charge >= 0.3 is 0 Å². The number of halogens is 1. The number of fused-ring (bicyclic) bond motifs is 1. The van der Waals surface area contributed by atoms with E-state index in [-0.39, 0.29) is 12.5 Å². The molecular weight excluding hydrogens is 362 g/mol. The minimum Gasteiger partial charge on any atom is -0.376 e. The first-order chi connectivity index (χ1) is 13.2. The quantitative estimate of drug-likeness (QED) is 0.548. The summed E-state index contributed by atoms with van der Waals surface area (Å²) in [5, 5.41) is 12.9. The molecule has 27 heavy (non-hydrogen) atoms. The van der Waals surface area contributed by atoms with Crippen molar-refractivity contribution in [1.82, 2.24) is 14.8 Å². The number of carbonyl (C=O) groups is 1. The van der Waals surface area contributed by atoms with Crippen molar-refractivity contribution in [2.24, 2.45) is 0 Å². The van der Waals surface area contributed by atoms with Crippen LogP contribution in [0.3, 0.4) is 0 Å². The highest BCUT2D eigenvalue weighted by molar-refractivity contribution is 6.31. The van der Waals surface area contributed by atoms with E-state index in [9.17, 15) is 4.79 Å². The maximum atomic E-state index is 12.4. The molecule has 1 aromatic heterocycles. The number of anilines is 2. The van der Waals surface area contributed by atoms with E-state index in [0.29, 0.717) is 16.4 Å². The molecule has 6 nitrogen and oxygen atoms in total. The van der Waals surface area contributed by atoms with Crippen LogP contribution in [0.4, 0.5) is 11.4 Å². The van der Waals surface area contributed by atoms with E-state index >= 15 is 0 Å². The number of nitrogens with one attached hydrogen (secondary N) is 2. The number of hydrogen-bond acceptors (Lipinski definition) is 4. The van der Waals surface area contributed by atoms with E-state index in [0.717, 1.165) is 16.5 Å². The summed E-state index contributed by atoms with van der Waals surface area (Å²) >= 11 is 6.08. The summed E-state index contributed by atoms with van der Waals surface area (Å²) < 4.78 is 1.57. The van der Waals surface area contributed by atoms with Crippen molar-refractivity contribution >= 4 is 39.7 Å². The zero-order valence-corrected chi connectivity index (χ0v) is 15.0. The summed E-state index contributed by atoms with van der Waals surface area (Å²) in [6.07, 6.45) is 2.99. The lowest BCUT2D eigenvalue weighted by Crippen LogP contribution is -2.22. The molecular formula is C20H16ClN5O. The number of nitrogens with zero attached hydrogens (tertiary/aromatic N) is 3. The molecule has 1 amide bonds. The molecule has 0 saturated heterocycles. The first-order valence-electron chi connectivity index (χ1n) is 8.36. The Balaban J connectivity index is 1.47. The second kappa shape index (κ2) is 7.47. The van der Waals surface area contributed by atoms with Crippen LogP contribution >= 0.6 is 11.6 Å². The van der Waals surface area contributed by atoms with Gasteiger partial charge in [0, 0.05) is 10.7 Å². The Morgan fingerprint density at radius 2 is 1.89 bits per heavy atom. The summed E-state index contributed by atoms with van der Waals surface area (Å²) in [6.45, 7) is 0.127. The molecule has 4 aromatic rings. The van der Waals surface area contributed by atoms with Crippen LogP contribution in [0.15, 0.2) is 73.3 Å². The Morgan fingerprint density at radius 1 is 1.04 bits per heavy atom. The van der Waals surface area contributed by atoms with E-state index in [1.54, 1.807) is 29.2 Å². The van der Waals surface area contributed by atoms with Crippen molar-refractivity contribution in [1.29, 1.82) is 0 Å². The van der Waals surface area contributed by atoms with Gasteiger partial charge in [-0.15, -0.1) is 0 Å². The van der Waals surface area contributed by atoms with Crippen molar-refractivity contribution in [3.8, 4) is 5.69 Å². The van der Waals surface area contributed by atoms with Crippen LogP contribution in [0.2, 0.25) is 5.02 Å². The van der Waals surface area contributed by atoms with Crippen LogP contribution in [0, 0.1) is 0 Å². The predicted molar refractivity (Wildman–Crippen MR) is 107 cm³/mol. The lowest BCUT2D eigenvalue weighted by Gasteiger charge is -2.12. The van der Waals surface area contributed by atoms with E-state index in [1.165, 1.54) is 6.33 Å². The van der Waals surface area contributed by atoms with Crippen LogP contribution in [-0.2, 0) is 4.79 Å². The first-order valence-corrected chi connectivity index (χ1v) is 8.74. The Kier molecular flexibility index (Phi) is 4.72. The van der Waals surface area contributed by atoms with E-state index in [2.05, 4.69) is 26.8 Å². The predicted octanol–water partition coefficient (Wildman–Crippen LogP) is 4.12. The molecule has 0 bridgehead atoms. The van der Waals surface area contributed by atoms with Gasteiger partial charge < -0.3 is 10.6 Å². The number of aromatic nitrogens is 3. The molecule has 0 saturated carbocycles. The van der Waals surface area contributed by atoms with Crippen LogP contribution in [0.5, 0.6) is 0 Å². The molecule has 0 spiro atoms. The average Bonchev–Trinajstić information content (AvgIpc) is 3.21. The highest BCUT2D eigenvalue weighted by Crippen LogP contribution is 2.24. The minimum atomic E-state index is -0.188. The molecule has 4 rings (SSSR count). The lowest BCUT2D eigenvalue weighted by atomic mass is 10.1. The van der Waals surface area contributed by atoms with Crippen molar-refractivity contribution in [3.05, 3.63) is 78.3 Å². The van der Waals surface area contributed by atoms with Crippen LogP contribution in [0.1, 0.15) is 0 Å². The monoisotopic (exact) mass is 377 g/mol. The van der Waals surface area contributed by atoms with Gasteiger partial charge in [-0.3, -0.25) is 4.79 Å². The molecule has 0 aliphatic carbocycles. The maximum absolute atomic E-state index is 12.4. The van der Waals surface area contributed by atoms with Gasteiger partial charge in [-0.1, -0.05) is 41.9 Å². The smallest absolute Gasteiger partial charge is 0.243 e. The molecule has 0 fully saturated rings. The van der Waals surface area contributed by atoms with Crippen LogP contribution < -0.4 is 10.6 Å². The summed E-state index contributed by atoms with van der Waals surface area (Å²) in [7, 11) is 0. The van der Waals surface area contributed by atoms with Gasteiger partial charge in [0.2, 0.25) is 5.91 Å². The zero-order valence-electron chi connectivity index (χ0n) is 14.3. The summed E-state index contributed by atoms with van der Waals surface area (Å²) in [6, 6.07) is 19.3. The highest BCUT2D eigenvalue weighted by Gasteiger charge is 2.10. The summed E-state index contributed by atoms with van der Waals surface area (Å²) in [5.74, 6) is -0.188. The van der Waals surface area contributed by atoms with Crippen LogP contribution in [0.25, 0.3) is 16.5 Å². The molecule has 1 heterocycles. The van der Waals surface area contributed by atoms with Gasteiger partial charge in [0.15, 0.2) is 0 Å². The van der Waals surface area contributed by atoms with Gasteiger partial charge in [-0.05, 0) is 41.1 Å². The maximum Gasteiger partial charge on any atom is 0.243 e. The Labute approximate surface area is 160 Å². The molecule has 134 valence electrons. The third-order valence-corrected chi connectivity index (χ3v) is 4.34. The molecule has 3 aromatic carbocycles. The van der Waals surface area contributed by atoms with Gasteiger partial charge in [0.25, 0.3) is 0 Å². The topological polar surface area (TPSA) is 71.8 Å². The largest absolute Gasteiger partial charge is 0.376 e. The van der Waals surface area contributed by atoms with Gasteiger partial charge in [0.05, 0.1) is 17.9 Å². The van der Waals surface area contributed by atoms with Crippen molar-refractivity contribution < 1.29 is 4.79 Å². The molecule has 7 heteroatoms. The van der Waals surface area contributed by atoms with Crippen molar-refractivity contribution in [2.75, 3.05) is 17.2 Å². The normalized spacial score (nSPS) is 10.7. The second-order valence-corrected chi connectivity index (χ2v) is 6.40. The zero-order chi connectivity index (χ0) is 18.6. The molecule has 0 atom stereocenters. The SMILES string of the molecule is O=C(CNc1ccc2ccccc2c1)Nc1cc(Cl)ccc1-n1cncn1. The number of rotatable bonds is 5. The van der Waals surface area contributed by atoms with Crippen molar-refractivity contribution in [2.45, 2.75) is 0 Å². The average molecular weight is 378 g/mol. The minimum absolute atomic E-state index is 0.127. The van der Waals surface area contributed by atoms with Gasteiger partial charge in [-0.2, -0.15) is 5.10 Å². The van der Waals surface area contributed by atoms with Crippen molar-refractivity contribution in [3.63, 3.8) is 0 Å². The Hall–Kier alpha value is -3.38. The highest BCUT2D eigenvalue weighted by atomic mass is 35.5. The Bertz CT molecular complexity index is 1090. The summed E-state index contributed by atoms with van der Waals surface area (Å²) in [4.78, 5) is 16.4. The van der Waals surface area contributed by atoms with Crippen LogP contribution in [-0.4, -0.2) is 27.2 Å². The fourth-order valence-corrected chi connectivity index (χ4v) is 2.99. The number of benzene rings is 3. The van der Waals surface area contributed by atoms with Gasteiger partial charge in [-0.25, -0.2) is 9.67 Å². The standard InChI is InChI=1S/C20H16ClN5O/c21-16-6-8-19(26-13-22-12-24-26)18(10-16)25-20(27)11-23-17-7-5-14-3-1-2-4-15(14)9-17/h1-10,12-13,23H,11H2,(H,25,27). The number of hydrogen-bond donors (Lipinski definition) is 2. The lowest BCUT2D eigenvalue weighted by molar-refractivity contribution is -0.114. The van der Waals surface area contributed by atoms with E-state index in [1.807, 2.05) is 36.4 Å². The molecule has 0 aliphatic rings. The molecule has 0 unspecified atom stereocenters. The fraction of sp³-hybridized carbons (Fsp3) is 0.0500.